The molecule has 1 aliphatic carbocycles. The number of carbonyl (C=O) groups is 4. The monoisotopic (exact) mass is 1260 g/mol. The number of esters is 1. The number of rotatable bonds is 12. The van der Waals surface area contributed by atoms with E-state index in [1.165, 1.54) is 48.3 Å². The number of carbonyl (C=O) groups excluding carboxylic acids is 3. The largest absolute Gasteiger partial charge is 0.480 e. The van der Waals surface area contributed by atoms with Crippen molar-refractivity contribution >= 4 is 90.1 Å². The predicted molar refractivity (Wildman–Crippen MR) is 336 cm³/mol. The van der Waals surface area contributed by atoms with Crippen LogP contribution in [0.2, 0.25) is 0 Å². The lowest BCUT2D eigenvalue weighted by atomic mass is 10.1. The van der Waals surface area contributed by atoms with Crippen LogP contribution in [0.4, 0.5) is 20.2 Å². The number of alkyl halides is 1. The molecule has 0 saturated carbocycles. The molecule has 0 unspecified atom stereocenters. The number of pyridine rings is 4. The number of carboxylic acid groups (broad SMARTS) is 1. The summed E-state index contributed by atoms with van der Waals surface area (Å²) in [7, 11) is 1.52. The SMILES string of the molecule is C1=Cc2cccnc2C1.CCOC(=O)CBr.COCC(=O)Cn1ccc2cccnc21.Fc1ccc(-n2ncc3c2CCCN3)cc1.O=C(Cn1ccc2cccnc21)N1CCCc2c1cnn2-c1ccc(F)cc1.O=C(O)Cn1ccc2cccnc21. The maximum Gasteiger partial charge on any atom is 0.323 e. The standard InChI is InChI=1S/C21H18FN5O.C12H12FN3.C11H12N2O2.C9H8N2O2.C8H7N.C4H7BrO2/c22-16-5-7-17(8-6-16)27-18-4-2-11-26(19(18)13-24-27)20(28)14-25-12-9-15-3-1-10-23-21(15)25;13-9-3-5-10(6-4-9)16-12-2-1-7-14-11(12)8-15-16;1-15-8-10(14)7-13-6-4-9-3-2-5-12-11(9)13;12-8(13)6-11-5-3-7-2-1-4-10-9(7)11;1-3-7-4-2-6-9-8(7)5-1;1-2-7-4(6)3-5/h1,3,5-10,12-13H,2,4,11,14H2;3-6,8,14H,1-2,7H2;2-6H,7-8H2,1H3;1-5H,6H2,(H,12,13);1-4,6H,5H2;2-3H2,1H3. The number of nitrogens with zero attached hydrogens (tertiary/aromatic N) is 12. The Morgan fingerprint density at radius 1 is 0.648 bits per heavy atom. The number of ether oxygens (including phenoxy) is 2. The van der Waals surface area contributed by atoms with Gasteiger partial charge in [-0.2, -0.15) is 10.2 Å². The molecule has 2 N–H and O–H groups in total. The van der Waals surface area contributed by atoms with Gasteiger partial charge in [0.2, 0.25) is 5.91 Å². The van der Waals surface area contributed by atoms with Gasteiger partial charge in [0, 0.05) is 86.2 Å². The minimum absolute atomic E-state index is 0.00255. The molecule has 14 rings (SSSR count). The zero-order valence-corrected chi connectivity index (χ0v) is 50.0. The quantitative estimate of drug-likeness (QED) is 0.0858. The number of methoxy groups -OCH3 is 1. The summed E-state index contributed by atoms with van der Waals surface area (Å²) in [5.74, 6) is -1.52. The number of Topliss-reactive ketones (excluding diaryl/α,β-unsaturated/α-hetero) is 1. The van der Waals surface area contributed by atoms with E-state index in [0.717, 1.165) is 94.5 Å². The molecule has 0 bridgehead atoms. The number of anilines is 2. The summed E-state index contributed by atoms with van der Waals surface area (Å²) in [4.78, 5) is 63.7. The lowest BCUT2D eigenvalue weighted by Crippen LogP contribution is -2.37. The van der Waals surface area contributed by atoms with Gasteiger partial charge in [-0.3, -0.25) is 24.2 Å². The van der Waals surface area contributed by atoms with Gasteiger partial charge in [-0.25, -0.2) is 33.1 Å². The average molecular weight is 1260 g/mol. The first kappa shape index (κ1) is 62.5. The minimum Gasteiger partial charge on any atom is -0.480 e. The molecule has 23 heteroatoms. The smallest absolute Gasteiger partial charge is 0.323 e. The highest BCUT2D eigenvalue weighted by Gasteiger charge is 2.27. The third kappa shape index (κ3) is 16.3. The number of allylic oxidation sites excluding steroid dienone is 1. The fourth-order valence-electron chi connectivity index (χ4n) is 9.95. The van der Waals surface area contributed by atoms with Gasteiger partial charge >= 0.3 is 11.9 Å². The van der Waals surface area contributed by atoms with E-state index in [9.17, 15) is 28.0 Å². The number of nitrogens with one attached hydrogen (secondary N) is 1. The highest BCUT2D eigenvalue weighted by atomic mass is 79.9. The Morgan fingerprint density at radius 2 is 1.18 bits per heavy atom. The van der Waals surface area contributed by atoms with Crippen molar-refractivity contribution < 1.29 is 42.5 Å². The van der Waals surface area contributed by atoms with Gasteiger partial charge in [0.05, 0.1) is 65.4 Å². The van der Waals surface area contributed by atoms with Gasteiger partial charge in [0.25, 0.3) is 0 Å². The Hall–Kier alpha value is -10.0. The summed E-state index contributed by atoms with van der Waals surface area (Å²) < 4.78 is 44.3. The number of fused-ring (bicyclic) bond motifs is 6. The zero-order chi connectivity index (χ0) is 61.8. The topological polar surface area (TPSA) is 224 Å². The van der Waals surface area contributed by atoms with Crippen molar-refractivity contribution in [2.45, 2.75) is 58.7 Å². The van der Waals surface area contributed by atoms with Crippen LogP contribution in [0.5, 0.6) is 0 Å². The third-order valence-corrected chi connectivity index (χ3v) is 14.4. The molecule has 0 atom stereocenters. The number of amides is 1. The first-order valence-electron chi connectivity index (χ1n) is 28.3. The lowest BCUT2D eigenvalue weighted by molar-refractivity contribution is -0.140. The molecule has 11 heterocycles. The van der Waals surface area contributed by atoms with Crippen molar-refractivity contribution in [2.75, 3.05) is 49.0 Å². The third-order valence-electron chi connectivity index (χ3n) is 13.9. The molecule has 0 saturated heterocycles. The van der Waals surface area contributed by atoms with Gasteiger partial charge in [-0.15, -0.1) is 0 Å². The Morgan fingerprint density at radius 3 is 1.73 bits per heavy atom. The van der Waals surface area contributed by atoms with Crippen molar-refractivity contribution in [3.05, 3.63) is 211 Å². The molecule has 2 aromatic carbocycles. The number of benzene rings is 2. The summed E-state index contributed by atoms with van der Waals surface area (Å²) >= 11 is 2.94. The van der Waals surface area contributed by atoms with E-state index < -0.39 is 5.97 Å². The molecular formula is C65H64BrF2N13O7. The second-order valence-corrected chi connectivity index (χ2v) is 20.5. The van der Waals surface area contributed by atoms with Crippen molar-refractivity contribution in [2.24, 2.45) is 0 Å². The first-order chi connectivity index (χ1) is 42.9. The number of aliphatic carboxylic acids is 1. The van der Waals surface area contributed by atoms with E-state index in [2.05, 4.69) is 74.3 Å². The van der Waals surface area contributed by atoms with Crippen LogP contribution < -0.4 is 10.2 Å². The second kappa shape index (κ2) is 30.9. The number of aromatic nitrogens is 11. The Kier molecular flexibility index (Phi) is 21.9. The maximum absolute atomic E-state index is 13.2. The molecule has 0 radical (unpaired) electrons. The van der Waals surface area contributed by atoms with Crippen molar-refractivity contribution in [1.82, 2.24) is 53.2 Å². The highest BCUT2D eigenvalue weighted by molar-refractivity contribution is 9.09. The molecule has 11 aromatic rings. The molecule has 0 spiro atoms. The van der Waals surface area contributed by atoms with Crippen molar-refractivity contribution in [3.63, 3.8) is 0 Å². The number of halogens is 3. The lowest BCUT2D eigenvalue weighted by Gasteiger charge is -2.27. The van der Waals surface area contributed by atoms with Crippen LogP contribution in [0, 0.1) is 11.6 Å². The number of hydrogen-bond acceptors (Lipinski definition) is 13. The van der Waals surface area contributed by atoms with Crippen molar-refractivity contribution in [1.29, 1.82) is 0 Å². The van der Waals surface area contributed by atoms with Crippen molar-refractivity contribution in [3.8, 4) is 11.4 Å². The fourth-order valence-corrected chi connectivity index (χ4v) is 10.1. The van der Waals surface area contributed by atoms with E-state index in [1.54, 1.807) is 76.3 Å². The molecule has 88 heavy (non-hydrogen) atoms. The Balaban J connectivity index is 0.000000133. The molecule has 1 amide bonds. The molecular weight excluding hydrogens is 1190 g/mol. The molecule has 9 aromatic heterocycles. The average Bonchev–Trinajstić information content (AvgIpc) is 3.99. The Labute approximate surface area is 513 Å². The van der Waals surface area contributed by atoms with E-state index in [-0.39, 0.29) is 49.0 Å². The van der Waals surface area contributed by atoms with Crippen LogP contribution in [-0.2, 0) is 67.5 Å². The van der Waals surface area contributed by atoms with Gasteiger partial charge in [0.1, 0.15) is 53.6 Å². The summed E-state index contributed by atoms with van der Waals surface area (Å²) in [5.41, 5.74) is 10.6. The molecule has 2 aliphatic heterocycles. The molecule has 452 valence electrons. The normalized spacial score (nSPS) is 12.4. The summed E-state index contributed by atoms with van der Waals surface area (Å²) in [6, 6.07) is 33.9. The van der Waals surface area contributed by atoms with E-state index in [0.29, 0.717) is 30.7 Å². The van der Waals surface area contributed by atoms with E-state index >= 15 is 0 Å². The van der Waals surface area contributed by atoms with Crippen LogP contribution in [0.3, 0.4) is 0 Å². The Bertz CT molecular complexity index is 4160. The molecule has 0 fully saturated rings. The summed E-state index contributed by atoms with van der Waals surface area (Å²) in [6.45, 7) is 4.55. The zero-order valence-electron chi connectivity index (χ0n) is 48.4. The van der Waals surface area contributed by atoms with Gasteiger partial charge in [-0.1, -0.05) is 34.1 Å². The fraction of sp³-hybridized carbons (Fsp3) is 0.231. The maximum atomic E-state index is 13.2. The summed E-state index contributed by atoms with van der Waals surface area (Å²) in [6.07, 6.45) is 25.1. The number of hydrogen-bond donors (Lipinski definition) is 2. The molecule has 3 aliphatic rings. The van der Waals surface area contributed by atoms with Crippen LogP contribution in [-0.4, -0.2) is 121 Å². The first-order valence-corrected chi connectivity index (χ1v) is 29.5. The van der Waals surface area contributed by atoms with Gasteiger partial charge in [-0.05, 0) is 147 Å². The summed E-state index contributed by atoms with van der Waals surface area (Å²) in [5, 5.41) is 24.0. The minimum atomic E-state index is -0.858. The van der Waals surface area contributed by atoms with E-state index in [4.69, 9.17) is 9.84 Å². The van der Waals surface area contributed by atoms with Gasteiger partial charge < -0.3 is 38.5 Å². The highest BCUT2D eigenvalue weighted by Crippen LogP contribution is 2.30. The van der Waals surface area contributed by atoms with Gasteiger partial charge in [0.15, 0.2) is 5.78 Å². The predicted octanol–water partition coefficient (Wildman–Crippen LogP) is 10.7. The van der Waals surface area contributed by atoms with Crippen LogP contribution in [0.15, 0.2) is 177 Å². The number of carboxylic acids is 1. The van der Waals surface area contributed by atoms with E-state index in [1.807, 2.05) is 99.3 Å². The molecule has 20 nitrogen and oxygen atoms in total. The van der Waals surface area contributed by atoms with Crippen LogP contribution in [0.1, 0.15) is 42.4 Å². The number of ketones is 1. The van der Waals surface area contributed by atoms with Crippen LogP contribution in [0.25, 0.3) is 50.6 Å². The van der Waals surface area contributed by atoms with Crippen LogP contribution >= 0.6 is 15.9 Å². The second-order valence-electron chi connectivity index (χ2n) is 20.0.